The van der Waals surface area contributed by atoms with Crippen LogP contribution in [0.25, 0.3) is 0 Å². The molecule has 0 saturated heterocycles. The zero-order valence-corrected chi connectivity index (χ0v) is 12.7. The van der Waals surface area contributed by atoms with E-state index in [4.69, 9.17) is 21.9 Å². The Kier molecular flexibility index (Phi) is 4.37. The normalized spacial score (nSPS) is 17.9. The van der Waals surface area contributed by atoms with Crippen molar-refractivity contribution < 1.29 is 4.52 Å². The molecule has 1 heterocycles. The zero-order chi connectivity index (χ0) is 13.5. The van der Waals surface area contributed by atoms with Gasteiger partial charge in [0, 0.05) is 5.02 Å². The molecular formula is C14H17Cl2N3O. The fraction of sp³-hybridized carbons (Fsp3) is 0.429. The van der Waals surface area contributed by atoms with Crippen molar-refractivity contribution in [3.63, 3.8) is 0 Å². The summed E-state index contributed by atoms with van der Waals surface area (Å²) in [6.07, 6.45) is 2.99. The summed E-state index contributed by atoms with van der Waals surface area (Å²) in [7, 11) is 0. The number of aromatic nitrogens is 2. The molecule has 1 atom stereocenters. The third kappa shape index (κ3) is 2.68. The lowest BCUT2D eigenvalue weighted by Gasteiger charge is -2.34. The van der Waals surface area contributed by atoms with Crippen LogP contribution in [-0.4, -0.2) is 10.1 Å². The van der Waals surface area contributed by atoms with Gasteiger partial charge in [0.25, 0.3) is 0 Å². The van der Waals surface area contributed by atoms with Crippen molar-refractivity contribution in [3.8, 4) is 0 Å². The second-order valence-electron chi connectivity index (χ2n) is 5.24. The van der Waals surface area contributed by atoms with Gasteiger partial charge in [-0.1, -0.05) is 28.9 Å². The molecule has 1 aliphatic carbocycles. The topological polar surface area (TPSA) is 64.9 Å². The van der Waals surface area contributed by atoms with Gasteiger partial charge >= 0.3 is 0 Å². The third-order valence-electron chi connectivity index (χ3n) is 3.85. The van der Waals surface area contributed by atoms with Crippen molar-refractivity contribution in [1.82, 2.24) is 10.1 Å². The Morgan fingerprint density at radius 2 is 2.15 bits per heavy atom. The first kappa shape index (κ1) is 15.3. The Morgan fingerprint density at radius 3 is 2.75 bits per heavy atom. The van der Waals surface area contributed by atoms with E-state index in [1.54, 1.807) is 0 Å². The van der Waals surface area contributed by atoms with Crippen LogP contribution in [0.15, 0.2) is 28.8 Å². The summed E-state index contributed by atoms with van der Waals surface area (Å²) in [6, 6.07) is 7.68. The van der Waals surface area contributed by atoms with Crippen molar-refractivity contribution in [2.45, 2.75) is 37.6 Å². The van der Waals surface area contributed by atoms with Gasteiger partial charge < -0.3 is 10.3 Å². The summed E-state index contributed by atoms with van der Waals surface area (Å²) in [5.41, 5.74) is 6.87. The van der Waals surface area contributed by atoms with Crippen LogP contribution in [0.1, 0.15) is 49.4 Å². The van der Waals surface area contributed by atoms with Gasteiger partial charge in [-0.15, -0.1) is 12.4 Å². The molecule has 6 heteroatoms. The minimum Gasteiger partial charge on any atom is -0.339 e. The summed E-state index contributed by atoms with van der Waals surface area (Å²) >= 11 is 6.00. The van der Waals surface area contributed by atoms with E-state index in [-0.39, 0.29) is 23.9 Å². The van der Waals surface area contributed by atoms with Gasteiger partial charge in [0.05, 0.1) is 11.5 Å². The fourth-order valence-corrected chi connectivity index (χ4v) is 2.51. The molecule has 1 aromatic carbocycles. The van der Waals surface area contributed by atoms with Crippen LogP contribution in [0.2, 0.25) is 5.02 Å². The predicted molar refractivity (Wildman–Crippen MR) is 80.2 cm³/mol. The summed E-state index contributed by atoms with van der Waals surface area (Å²) < 4.78 is 5.36. The van der Waals surface area contributed by atoms with Gasteiger partial charge in [0.1, 0.15) is 0 Å². The molecule has 0 aliphatic heterocycles. The van der Waals surface area contributed by atoms with Crippen LogP contribution in [0.5, 0.6) is 0 Å². The zero-order valence-electron chi connectivity index (χ0n) is 11.2. The minimum atomic E-state index is -0.379. The van der Waals surface area contributed by atoms with E-state index in [1.807, 2.05) is 31.2 Å². The highest BCUT2D eigenvalue weighted by Gasteiger charge is 2.39. The van der Waals surface area contributed by atoms with Crippen molar-refractivity contribution in [2.75, 3.05) is 0 Å². The molecule has 1 fully saturated rings. The Bertz CT molecular complexity index is 596. The SMILES string of the molecule is CC(c1cccc(Cl)c1)c1nc(C2(N)CCC2)no1.Cl. The fourth-order valence-electron chi connectivity index (χ4n) is 2.31. The maximum atomic E-state index is 6.19. The quantitative estimate of drug-likeness (QED) is 0.939. The molecule has 0 amide bonds. The smallest absolute Gasteiger partial charge is 0.233 e. The molecule has 20 heavy (non-hydrogen) atoms. The first-order chi connectivity index (χ1) is 9.08. The largest absolute Gasteiger partial charge is 0.339 e. The molecule has 0 radical (unpaired) electrons. The summed E-state index contributed by atoms with van der Waals surface area (Å²) in [6.45, 7) is 2.02. The van der Waals surface area contributed by atoms with E-state index >= 15 is 0 Å². The van der Waals surface area contributed by atoms with Gasteiger partial charge in [-0.2, -0.15) is 4.98 Å². The van der Waals surface area contributed by atoms with Crippen LogP contribution in [0.4, 0.5) is 0 Å². The number of halogens is 2. The highest BCUT2D eigenvalue weighted by Crippen LogP contribution is 2.37. The third-order valence-corrected chi connectivity index (χ3v) is 4.09. The van der Waals surface area contributed by atoms with Gasteiger partial charge in [-0.05, 0) is 43.9 Å². The van der Waals surface area contributed by atoms with E-state index in [0.717, 1.165) is 24.8 Å². The lowest BCUT2D eigenvalue weighted by molar-refractivity contribution is 0.228. The van der Waals surface area contributed by atoms with Gasteiger partial charge in [0.15, 0.2) is 5.82 Å². The number of nitrogens with zero attached hydrogens (tertiary/aromatic N) is 2. The molecule has 0 spiro atoms. The second kappa shape index (κ2) is 5.72. The highest BCUT2D eigenvalue weighted by atomic mass is 35.5. The van der Waals surface area contributed by atoms with Crippen LogP contribution in [0.3, 0.4) is 0 Å². The average molecular weight is 314 g/mol. The van der Waals surface area contributed by atoms with Crippen LogP contribution in [-0.2, 0) is 5.54 Å². The first-order valence-corrected chi connectivity index (χ1v) is 6.85. The van der Waals surface area contributed by atoms with E-state index in [2.05, 4.69) is 10.1 Å². The van der Waals surface area contributed by atoms with Gasteiger partial charge in [-0.25, -0.2) is 0 Å². The van der Waals surface area contributed by atoms with Gasteiger partial charge in [0.2, 0.25) is 5.89 Å². The Balaban J connectivity index is 0.00000147. The lowest BCUT2D eigenvalue weighted by atomic mass is 9.77. The lowest BCUT2D eigenvalue weighted by Crippen LogP contribution is -2.44. The van der Waals surface area contributed by atoms with E-state index in [0.29, 0.717) is 16.7 Å². The van der Waals surface area contributed by atoms with Crippen molar-refractivity contribution in [2.24, 2.45) is 5.73 Å². The number of hydrogen-bond donors (Lipinski definition) is 1. The number of rotatable bonds is 3. The van der Waals surface area contributed by atoms with Crippen molar-refractivity contribution in [1.29, 1.82) is 0 Å². The second-order valence-corrected chi connectivity index (χ2v) is 5.68. The first-order valence-electron chi connectivity index (χ1n) is 6.47. The molecule has 108 valence electrons. The molecule has 1 aromatic heterocycles. The summed E-state index contributed by atoms with van der Waals surface area (Å²) in [5, 5.41) is 4.74. The Labute approximate surface area is 129 Å². The van der Waals surface area contributed by atoms with Crippen LogP contribution in [0, 0.1) is 0 Å². The molecule has 2 N–H and O–H groups in total. The molecular weight excluding hydrogens is 297 g/mol. The molecule has 4 nitrogen and oxygen atoms in total. The number of benzene rings is 1. The monoisotopic (exact) mass is 313 g/mol. The predicted octanol–water partition coefficient (Wildman–Crippen LogP) is 3.63. The van der Waals surface area contributed by atoms with Crippen LogP contribution < -0.4 is 5.73 Å². The molecule has 0 bridgehead atoms. The average Bonchev–Trinajstić information content (AvgIpc) is 2.85. The number of hydrogen-bond acceptors (Lipinski definition) is 4. The molecule has 1 aliphatic rings. The van der Waals surface area contributed by atoms with Crippen molar-refractivity contribution >= 4 is 24.0 Å². The highest BCUT2D eigenvalue weighted by molar-refractivity contribution is 6.30. The Morgan fingerprint density at radius 1 is 1.40 bits per heavy atom. The van der Waals surface area contributed by atoms with Crippen molar-refractivity contribution in [3.05, 3.63) is 46.6 Å². The van der Waals surface area contributed by atoms with E-state index < -0.39 is 0 Å². The maximum Gasteiger partial charge on any atom is 0.233 e. The molecule has 1 unspecified atom stereocenters. The minimum absolute atomic E-state index is 0. The van der Waals surface area contributed by atoms with E-state index in [1.165, 1.54) is 0 Å². The molecule has 3 rings (SSSR count). The summed E-state index contributed by atoms with van der Waals surface area (Å²) in [5.74, 6) is 1.24. The molecule has 2 aromatic rings. The summed E-state index contributed by atoms with van der Waals surface area (Å²) in [4.78, 5) is 4.46. The maximum absolute atomic E-state index is 6.19. The Hall–Kier alpha value is -1.10. The number of nitrogens with two attached hydrogens (primary N) is 1. The standard InChI is InChI=1S/C14H16ClN3O.ClH/c1-9(10-4-2-5-11(15)8-10)12-17-13(18-19-12)14(16)6-3-7-14;/h2,4-5,8-9H,3,6-7,16H2,1H3;1H. The molecule has 1 saturated carbocycles. The van der Waals surface area contributed by atoms with Gasteiger partial charge in [-0.3, -0.25) is 0 Å². The van der Waals surface area contributed by atoms with Crippen LogP contribution >= 0.6 is 24.0 Å². The van der Waals surface area contributed by atoms with E-state index in [9.17, 15) is 0 Å².